The monoisotopic (exact) mass is 263 g/mol. The van der Waals surface area contributed by atoms with Gasteiger partial charge in [0.2, 0.25) is 0 Å². The molecule has 0 aliphatic carbocycles. The number of nitrogens with one attached hydrogen (secondary N) is 1. The lowest BCUT2D eigenvalue weighted by molar-refractivity contribution is 0.503. The van der Waals surface area contributed by atoms with Crippen LogP contribution in [0.4, 0.5) is 0 Å². The number of rotatable bonds is 6. The van der Waals surface area contributed by atoms with E-state index in [1.165, 1.54) is 15.3 Å². The van der Waals surface area contributed by atoms with Crippen molar-refractivity contribution in [1.29, 1.82) is 0 Å². The summed E-state index contributed by atoms with van der Waals surface area (Å²) in [5.41, 5.74) is 1.28. The second kappa shape index (κ2) is 6.21. The molecule has 18 heavy (non-hydrogen) atoms. The summed E-state index contributed by atoms with van der Waals surface area (Å²) in [4.78, 5) is 2.82. The summed E-state index contributed by atoms with van der Waals surface area (Å²) in [6.07, 6.45) is 3.85. The number of thiophene rings is 1. The van der Waals surface area contributed by atoms with Crippen molar-refractivity contribution in [3.63, 3.8) is 0 Å². The molecule has 0 saturated carbocycles. The Morgan fingerprint density at radius 3 is 2.61 bits per heavy atom. The Bertz CT molecular complexity index is 486. The van der Waals surface area contributed by atoms with Crippen molar-refractivity contribution < 1.29 is 4.42 Å². The Morgan fingerprint density at radius 2 is 2.00 bits per heavy atom. The predicted octanol–water partition coefficient (Wildman–Crippen LogP) is 4.16. The molecule has 98 valence electrons. The van der Waals surface area contributed by atoms with Crippen LogP contribution in [-0.4, -0.2) is 6.54 Å². The van der Waals surface area contributed by atoms with Crippen molar-refractivity contribution >= 4 is 11.3 Å². The van der Waals surface area contributed by atoms with Gasteiger partial charge in [-0.15, -0.1) is 11.3 Å². The van der Waals surface area contributed by atoms with Crippen molar-refractivity contribution in [2.75, 3.05) is 6.54 Å². The van der Waals surface area contributed by atoms with Gasteiger partial charge in [-0.05, 0) is 31.2 Å². The van der Waals surface area contributed by atoms with Gasteiger partial charge in [0, 0.05) is 21.7 Å². The van der Waals surface area contributed by atoms with Gasteiger partial charge >= 0.3 is 0 Å². The Kier molecular flexibility index (Phi) is 4.61. The predicted molar refractivity (Wildman–Crippen MR) is 77.3 cm³/mol. The minimum Gasteiger partial charge on any atom is -0.469 e. The third kappa shape index (κ3) is 2.68. The van der Waals surface area contributed by atoms with E-state index in [1.54, 1.807) is 6.26 Å². The zero-order valence-corrected chi connectivity index (χ0v) is 12.1. The third-order valence-electron chi connectivity index (χ3n) is 3.14. The zero-order valence-electron chi connectivity index (χ0n) is 11.3. The van der Waals surface area contributed by atoms with Crippen LogP contribution in [-0.2, 0) is 12.8 Å². The van der Waals surface area contributed by atoms with Crippen molar-refractivity contribution in [3.05, 3.63) is 45.5 Å². The molecule has 0 bridgehead atoms. The van der Waals surface area contributed by atoms with Crippen molar-refractivity contribution in [2.24, 2.45) is 0 Å². The first-order chi connectivity index (χ1) is 8.80. The fourth-order valence-corrected chi connectivity index (χ4v) is 3.25. The highest BCUT2D eigenvalue weighted by atomic mass is 32.1. The van der Waals surface area contributed by atoms with Gasteiger partial charge in [0.25, 0.3) is 0 Å². The molecule has 2 aromatic rings. The highest BCUT2D eigenvalue weighted by Crippen LogP contribution is 2.31. The molecule has 1 N–H and O–H groups in total. The second-order valence-corrected chi connectivity index (χ2v) is 5.50. The summed E-state index contributed by atoms with van der Waals surface area (Å²) in [5, 5.41) is 3.56. The van der Waals surface area contributed by atoms with Gasteiger partial charge in [0.15, 0.2) is 0 Å². The summed E-state index contributed by atoms with van der Waals surface area (Å²) in [5.74, 6) is 1.09. The Hall–Kier alpha value is -1.06. The molecule has 2 heterocycles. The minimum absolute atomic E-state index is 0.272. The first-order valence-electron chi connectivity index (χ1n) is 6.68. The molecule has 2 aromatic heterocycles. The molecular weight excluding hydrogens is 242 g/mol. The van der Waals surface area contributed by atoms with E-state index in [-0.39, 0.29) is 6.04 Å². The Morgan fingerprint density at radius 1 is 1.17 bits per heavy atom. The maximum atomic E-state index is 5.56. The quantitative estimate of drug-likeness (QED) is 0.846. The summed E-state index contributed by atoms with van der Waals surface area (Å²) < 4.78 is 5.56. The zero-order chi connectivity index (χ0) is 13.0. The van der Waals surface area contributed by atoms with Gasteiger partial charge in [-0.1, -0.05) is 20.8 Å². The maximum absolute atomic E-state index is 5.56. The van der Waals surface area contributed by atoms with Crippen molar-refractivity contribution in [2.45, 2.75) is 39.7 Å². The third-order valence-corrected chi connectivity index (χ3v) is 4.43. The van der Waals surface area contributed by atoms with Crippen LogP contribution in [0, 0.1) is 0 Å². The van der Waals surface area contributed by atoms with Crippen LogP contribution in [0.5, 0.6) is 0 Å². The molecule has 1 atom stereocenters. The van der Waals surface area contributed by atoms with Crippen LogP contribution in [0.15, 0.2) is 28.9 Å². The van der Waals surface area contributed by atoms with Gasteiger partial charge in [0.05, 0.1) is 12.3 Å². The molecule has 0 fully saturated rings. The summed E-state index contributed by atoms with van der Waals surface area (Å²) in [6, 6.07) is 6.84. The number of hydrogen-bond acceptors (Lipinski definition) is 3. The summed E-state index contributed by atoms with van der Waals surface area (Å²) >= 11 is 1.89. The van der Waals surface area contributed by atoms with Crippen LogP contribution >= 0.6 is 11.3 Å². The van der Waals surface area contributed by atoms with Crippen LogP contribution < -0.4 is 5.32 Å². The Labute approximate surface area is 113 Å². The molecule has 0 aliphatic rings. The van der Waals surface area contributed by atoms with E-state index in [0.29, 0.717) is 0 Å². The lowest BCUT2D eigenvalue weighted by Crippen LogP contribution is -2.21. The van der Waals surface area contributed by atoms with Gasteiger partial charge in [-0.2, -0.15) is 0 Å². The number of hydrogen-bond donors (Lipinski definition) is 1. The van der Waals surface area contributed by atoms with Gasteiger partial charge in [-0.3, -0.25) is 0 Å². The minimum atomic E-state index is 0.272. The molecule has 1 unspecified atom stereocenters. The molecular formula is C15H21NOS. The van der Waals surface area contributed by atoms with Crippen LogP contribution in [0.3, 0.4) is 0 Å². The molecule has 0 radical (unpaired) electrons. The largest absolute Gasteiger partial charge is 0.469 e. The Balaban J connectivity index is 2.33. The van der Waals surface area contributed by atoms with E-state index < -0.39 is 0 Å². The van der Waals surface area contributed by atoms with E-state index in [1.807, 2.05) is 11.3 Å². The fourth-order valence-electron chi connectivity index (χ4n) is 2.20. The van der Waals surface area contributed by atoms with E-state index in [0.717, 1.165) is 25.1 Å². The molecule has 3 heteroatoms. The van der Waals surface area contributed by atoms with Crippen molar-refractivity contribution in [3.8, 4) is 0 Å². The lowest BCUT2D eigenvalue weighted by Gasteiger charge is -2.16. The van der Waals surface area contributed by atoms with E-state index in [4.69, 9.17) is 4.42 Å². The summed E-state index contributed by atoms with van der Waals surface area (Å²) in [7, 11) is 0. The molecule has 0 saturated heterocycles. The van der Waals surface area contributed by atoms with Crippen molar-refractivity contribution in [1.82, 2.24) is 5.32 Å². The van der Waals surface area contributed by atoms with Gasteiger partial charge in [-0.25, -0.2) is 0 Å². The molecule has 0 aromatic carbocycles. The topological polar surface area (TPSA) is 25.2 Å². The van der Waals surface area contributed by atoms with Crippen LogP contribution in [0.2, 0.25) is 0 Å². The number of aryl methyl sites for hydroxylation is 2. The fraction of sp³-hybridized carbons (Fsp3) is 0.467. The normalized spacial score (nSPS) is 12.8. The van der Waals surface area contributed by atoms with E-state index in [9.17, 15) is 0 Å². The standard InChI is InChI=1S/C15H21NOS/c1-4-11-7-8-14(18-11)15(16-6-3)12-9-10-17-13(12)5-2/h7-10,15-16H,4-6H2,1-3H3. The highest BCUT2D eigenvalue weighted by molar-refractivity contribution is 7.12. The lowest BCUT2D eigenvalue weighted by atomic mass is 10.0. The summed E-state index contributed by atoms with van der Waals surface area (Å²) in [6.45, 7) is 7.44. The molecule has 2 nitrogen and oxygen atoms in total. The maximum Gasteiger partial charge on any atom is 0.108 e. The van der Waals surface area contributed by atoms with E-state index in [2.05, 4.69) is 44.3 Å². The SMILES string of the molecule is CCNC(c1ccc(CC)s1)c1ccoc1CC. The van der Waals surface area contributed by atoms with Gasteiger partial charge < -0.3 is 9.73 Å². The molecule has 0 amide bonds. The smallest absolute Gasteiger partial charge is 0.108 e. The average molecular weight is 263 g/mol. The number of furan rings is 1. The molecule has 0 spiro atoms. The second-order valence-electron chi connectivity index (χ2n) is 4.30. The first kappa shape index (κ1) is 13.4. The molecule has 0 aliphatic heterocycles. The molecule has 2 rings (SSSR count). The van der Waals surface area contributed by atoms with Gasteiger partial charge in [0.1, 0.15) is 5.76 Å². The van der Waals surface area contributed by atoms with E-state index >= 15 is 0 Å². The van der Waals surface area contributed by atoms with Crippen LogP contribution in [0.1, 0.15) is 47.9 Å². The average Bonchev–Trinajstić information content (AvgIpc) is 3.04. The van der Waals surface area contributed by atoms with Crippen LogP contribution in [0.25, 0.3) is 0 Å². The highest BCUT2D eigenvalue weighted by Gasteiger charge is 2.19. The first-order valence-corrected chi connectivity index (χ1v) is 7.50.